The predicted octanol–water partition coefficient (Wildman–Crippen LogP) is 8.61. The topological polar surface area (TPSA) is 207 Å². The molecule has 16 nitrogen and oxygen atoms in total. The standard InChI is InChI=1S/C21H35N3O4S.C19H33N3O2S.C17H33N3OS/c1-13(25)16(22-14(2)26)8-9-29-17-10-18(27)24(19(17)28)15-11-20(3,4)23(7)21(5,6)12-15;1-13(20)8-7-9-25-15-10-16(23)22(17(15)24)14-11-18(2,3)21(6)19(4,5)12-14;1-13(18)8-7-9-22-12-15(21)19-14-10-16(2,3)20(6)17(4,5)11-14/h15-17H,8-12H2,1-7H3,(H,22,26);14-15,20H,7-12H2,1-6H3;14,18H,7-12H2,1-6H3,(H,19,21). The van der Waals surface area contributed by atoms with Crippen molar-refractivity contribution in [2.24, 2.45) is 0 Å². The largest absolute Gasteiger partial charge is 0.353 e. The number of carbonyl (C=O) groups excluding carboxylic acids is 7. The number of imide groups is 2. The molecule has 6 amide bonds. The van der Waals surface area contributed by atoms with Gasteiger partial charge in [0.25, 0.3) is 0 Å². The van der Waals surface area contributed by atoms with Crippen LogP contribution in [0.1, 0.15) is 194 Å². The van der Waals surface area contributed by atoms with Crippen molar-refractivity contribution in [2.45, 2.75) is 262 Å². The Balaban J connectivity index is 0.000000303. The smallest absolute Gasteiger partial charge is 0.243 e. The third kappa shape index (κ3) is 18.9. The minimum absolute atomic E-state index is 0.00253. The van der Waals surface area contributed by atoms with Crippen molar-refractivity contribution < 1.29 is 33.6 Å². The van der Waals surface area contributed by atoms with Gasteiger partial charge in [-0.2, -0.15) is 11.8 Å². The molecule has 5 fully saturated rings. The predicted molar refractivity (Wildman–Crippen MR) is 316 cm³/mol. The van der Waals surface area contributed by atoms with Crippen LogP contribution in [0.3, 0.4) is 0 Å². The zero-order valence-electron chi connectivity index (χ0n) is 50.3. The molecule has 5 aliphatic rings. The summed E-state index contributed by atoms with van der Waals surface area (Å²) < 4.78 is 0. The highest BCUT2D eigenvalue weighted by Crippen LogP contribution is 2.43. The van der Waals surface area contributed by atoms with Crippen molar-refractivity contribution in [1.29, 1.82) is 10.8 Å². The molecule has 5 rings (SSSR count). The Morgan fingerprint density at radius 1 is 0.566 bits per heavy atom. The number of ketones is 1. The third-order valence-corrected chi connectivity index (χ3v) is 20.5. The van der Waals surface area contributed by atoms with Gasteiger partial charge in [-0.3, -0.25) is 58.1 Å². The fourth-order valence-corrected chi connectivity index (χ4v) is 15.2. The molecule has 5 saturated heterocycles. The summed E-state index contributed by atoms with van der Waals surface area (Å²) in [5.41, 5.74) is 1.31. The summed E-state index contributed by atoms with van der Waals surface area (Å²) in [4.78, 5) is 96.5. The first-order valence-corrected chi connectivity index (χ1v) is 30.9. The molecule has 0 saturated carbocycles. The summed E-state index contributed by atoms with van der Waals surface area (Å²) in [7, 11) is 6.41. The number of likely N-dealkylation sites (tertiary alicyclic amines) is 5. The van der Waals surface area contributed by atoms with E-state index in [1.807, 2.05) is 6.92 Å². The molecule has 0 radical (unpaired) electrons. The second-order valence-corrected chi connectivity index (χ2v) is 29.9. The Morgan fingerprint density at radius 2 is 0.921 bits per heavy atom. The maximum atomic E-state index is 13.0. The number of nitrogens with one attached hydrogen (secondary N) is 4. The summed E-state index contributed by atoms with van der Waals surface area (Å²) in [5, 5.41) is 20.1. The molecule has 0 aromatic carbocycles. The molecule has 0 bridgehead atoms. The van der Waals surface area contributed by atoms with Crippen LogP contribution in [0, 0.1) is 10.8 Å². The highest BCUT2D eigenvalue weighted by Gasteiger charge is 2.52. The lowest BCUT2D eigenvalue weighted by atomic mass is 9.77. The number of amides is 6. The Bertz CT molecular complexity index is 2060. The minimum Gasteiger partial charge on any atom is -0.353 e. The number of Topliss-reactive ketones (excluding diaryl/α,β-unsaturated/α-hetero) is 1. The van der Waals surface area contributed by atoms with Crippen molar-refractivity contribution in [3.63, 3.8) is 0 Å². The lowest BCUT2D eigenvalue weighted by Crippen LogP contribution is -2.63. The van der Waals surface area contributed by atoms with E-state index in [0.717, 1.165) is 81.4 Å². The molecule has 5 heterocycles. The Kier molecular flexibility index (Phi) is 24.4. The van der Waals surface area contributed by atoms with Crippen LogP contribution in [0.2, 0.25) is 0 Å². The van der Waals surface area contributed by atoms with Gasteiger partial charge in [-0.15, -0.1) is 23.5 Å². The molecule has 0 spiro atoms. The summed E-state index contributed by atoms with van der Waals surface area (Å²) in [5.74, 6) is 2.43. The van der Waals surface area contributed by atoms with E-state index in [2.05, 4.69) is 130 Å². The maximum absolute atomic E-state index is 13.0. The van der Waals surface area contributed by atoms with Crippen molar-refractivity contribution in [3.05, 3.63) is 0 Å². The average Bonchev–Trinajstić information content (AvgIpc) is 3.71. The van der Waals surface area contributed by atoms with E-state index in [4.69, 9.17) is 10.8 Å². The number of nitrogens with zero attached hydrogens (tertiary/aromatic N) is 5. The lowest BCUT2D eigenvalue weighted by molar-refractivity contribution is -0.147. The maximum Gasteiger partial charge on any atom is 0.243 e. The Hall–Kier alpha value is -2.84. The summed E-state index contributed by atoms with van der Waals surface area (Å²) in [6.07, 6.45) is 9.65. The van der Waals surface area contributed by atoms with Gasteiger partial charge in [0.1, 0.15) is 0 Å². The van der Waals surface area contributed by atoms with Gasteiger partial charge in [0.05, 0.1) is 22.3 Å². The molecule has 0 aromatic heterocycles. The molecule has 3 unspecified atom stereocenters. The zero-order chi connectivity index (χ0) is 58.1. The van der Waals surface area contributed by atoms with Crippen LogP contribution in [-0.2, 0) is 33.6 Å². The second kappa shape index (κ2) is 27.6. The van der Waals surface area contributed by atoms with Crippen LogP contribution < -0.4 is 10.6 Å². The first-order valence-electron chi connectivity index (χ1n) is 27.7. The number of hydrogen-bond acceptors (Lipinski definition) is 15. The average molecular weight is 1120 g/mol. The summed E-state index contributed by atoms with van der Waals surface area (Å²) in [6, 6.07) is -0.376. The van der Waals surface area contributed by atoms with E-state index in [1.165, 1.54) is 30.5 Å². The van der Waals surface area contributed by atoms with Crippen LogP contribution in [0.5, 0.6) is 0 Å². The van der Waals surface area contributed by atoms with Crippen molar-refractivity contribution in [3.8, 4) is 0 Å². The number of rotatable bonds is 20. The molecular formula is C57H101N9O7S3. The first-order chi connectivity index (χ1) is 34.8. The lowest BCUT2D eigenvalue weighted by Gasteiger charge is -2.54. The Morgan fingerprint density at radius 3 is 1.28 bits per heavy atom. The fraction of sp³-hybridized carbons (Fsp3) is 0.842. The van der Waals surface area contributed by atoms with Crippen LogP contribution in [0.4, 0.5) is 0 Å². The number of piperidine rings is 3. The van der Waals surface area contributed by atoms with E-state index < -0.39 is 11.3 Å². The second-order valence-electron chi connectivity index (χ2n) is 26.2. The summed E-state index contributed by atoms with van der Waals surface area (Å²) in [6.45, 7) is 32.9. The van der Waals surface area contributed by atoms with Crippen LogP contribution in [0.15, 0.2) is 0 Å². The minimum atomic E-state index is -0.543. The number of thioether (sulfide) groups is 3. The van der Waals surface area contributed by atoms with Gasteiger partial charge in [0.15, 0.2) is 5.78 Å². The molecule has 434 valence electrons. The normalized spacial score (nSPS) is 25.0. The molecule has 0 aromatic rings. The molecule has 0 aliphatic carbocycles. The summed E-state index contributed by atoms with van der Waals surface area (Å²) >= 11 is 4.67. The van der Waals surface area contributed by atoms with Gasteiger partial charge in [-0.05, 0) is 213 Å². The molecule has 5 aliphatic heterocycles. The van der Waals surface area contributed by atoms with E-state index in [1.54, 1.807) is 35.3 Å². The quantitative estimate of drug-likeness (QED) is 0.0513. The van der Waals surface area contributed by atoms with E-state index in [-0.39, 0.29) is 104 Å². The van der Waals surface area contributed by atoms with Gasteiger partial charge in [0, 0.05) is 82.5 Å². The van der Waals surface area contributed by atoms with E-state index in [9.17, 15) is 33.6 Å². The number of carbonyl (C=O) groups is 7. The van der Waals surface area contributed by atoms with Crippen molar-refractivity contribution in [1.82, 2.24) is 35.1 Å². The highest BCUT2D eigenvalue weighted by atomic mass is 32.2. The molecule has 4 N–H and O–H groups in total. The molecule has 3 atom stereocenters. The monoisotopic (exact) mass is 1120 g/mol. The van der Waals surface area contributed by atoms with Gasteiger partial charge >= 0.3 is 0 Å². The molecular weight excluding hydrogens is 1020 g/mol. The van der Waals surface area contributed by atoms with Crippen LogP contribution >= 0.6 is 35.3 Å². The van der Waals surface area contributed by atoms with Crippen molar-refractivity contribution in [2.75, 3.05) is 44.2 Å². The van der Waals surface area contributed by atoms with Gasteiger partial charge in [-0.1, -0.05) is 0 Å². The van der Waals surface area contributed by atoms with Crippen LogP contribution in [0.25, 0.3) is 0 Å². The van der Waals surface area contributed by atoms with E-state index >= 15 is 0 Å². The van der Waals surface area contributed by atoms with Gasteiger partial charge < -0.3 is 21.5 Å². The van der Waals surface area contributed by atoms with Gasteiger partial charge in [0.2, 0.25) is 35.4 Å². The van der Waals surface area contributed by atoms with E-state index in [0.29, 0.717) is 30.1 Å². The zero-order valence-corrected chi connectivity index (χ0v) is 52.8. The number of hydrogen-bond donors (Lipinski definition) is 4. The van der Waals surface area contributed by atoms with Gasteiger partial charge in [-0.25, -0.2) is 0 Å². The highest BCUT2D eigenvalue weighted by molar-refractivity contribution is 8.01. The fourth-order valence-electron chi connectivity index (χ4n) is 12.1. The molecule has 76 heavy (non-hydrogen) atoms. The first kappa shape index (κ1) is 67.4. The van der Waals surface area contributed by atoms with Crippen LogP contribution in [-0.4, -0.2) is 189 Å². The molecule has 19 heteroatoms. The Labute approximate surface area is 471 Å². The third-order valence-electron chi connectivity index (χ3n) is 16.9. The SMILES string of the molecule is CC(=N)CCCSC1CC(=O)N(C2CC(C)(C)N(C)C(C)(C)C2)C1=O.CC(=N)CCCSCC(=O)NC1CC(C)(C)N(C)C(C)(C)C1.CC(=O)NC(CCSC1CC(=O)N(C2CC(C)(C)N(C)C(C)(C)C2)C1=O)C(C)=O. The van der Waals surface area contributed by atoms with Crippen molar-refractivity contribution >= 4 is 87.9 Å².